The van der Waals surface area contributed by atoms with E-state index in [4.69, 9.17) is 21.1 Å². The topological polar surface area (TPSA) is 97.5 Å². The van der Waals surface area contributed by atoms with Gasteiger partial charge in [0.1, 0.15) is 10.9 Å². The number of carbonyl (C=O) groups excluding carboxylic acids is 1. The molecule has 2 atom stereocenters. The molecule has 2 aliphatic heterocycles. The zero-order valence-corrected chi connectivity index (χ0v) is 15.0. The first kappa shape index (κ1) is 18.4. The Morgan fingerprint density at radius 3 is 2.92 bits per heavy atom. The second kappa shape index (κ2) is 7.88. The smallest absolute Gasteiger partial charge is 0.410 e. The van der Waals surface area contributed by atoms with Crippen LogP contribution in [-0.2, 0) is 4.74 Å². The summed E-state index contributed by atoms with van der Waals surface area (Å²) in [5.41, 5.74) is 0. The number of hydrazone groups is 1. The summed E-state index contributed by atoms with van der Waals surface area (Å²) in [5, 5.41) is 14.0. The lowest BCUT2D eigenvalue weighted by atomic mass is 9.98. The van der Waals surface area contributed by atoms with Crippen LogP contribution in [0.4, 0.5) is 4.79 Å². The van der Waals surface area contributed by atoms with Gasteiger partial charge in [0.15, 0.2) is 5.03 Å². The number of nitro groups is 1. The Morgan fingerprint density at radius 1 is 1.46 bits per heavy atom. The fraction of sp³-hybridized carbons (Fsp3) is 0.500. The van der Waals surface area contributed by atoms with Crippen LogP contribution in [0.1, 0.15) is 6.92 Å². The first-order valence-electron chi connectivity index (χ1n) is 8.24. The highest BCUT2D eigenvalue weighted by molar-refractivity contribution is 6.30. The van der Waals surface area contributed by atoms with E-state index in [0.717, 1.165) is 0 Å². The van der Waals surface area contributed by atoms with Crippen LogP contribution >= 0.6 is 11.6 Å². The van der Waals surface area contributed by atoms with Crippen LogP contribution in [0.15, 0.2) is 29.4 Å². The summed E-state index contributed by atoms with van der Waals surface area (Å²) < 4.78 is 10.7. The molecule has 2 aliphatic rings. The van der Waals surface area contributed by atoms with E-state index in [9.17, 15) is 14.9 Å². The predicted octanol–water partition coefficient (Wildman–Crippen LogP) is 2.29. The Kier molecular flexibility index (Phi) is 5.58. The molecule has 9 nitrogen and oxygen atoms in total. The monoisotopic (exact) mass is 382 g/mol. The molecule has 2 unspecified atom stereocenters. The van der Waals surface area contributed by atoms with Crippen molar-refractivity contribution >= 4 is 23.7 Å². The highest BCUT2D eigenvalue weighted by Crippen LogP contribution is 2.24. The number of halogens is 1. The average Bonchev–Trinajstić information content (AvgIpc) is 3.14. The van der Waals surface area contributed by atoms with Gasteiger partial charge in [-0.15, -0.1) is 0 Å². The van der Waals surface area contributed by atoms with Crippen molar-refractivity contribution in [2.45, 2.75) is 6.92 Å². The number of rotatable bonds is 4. The Morgan fingerprint density at radius 2 is 2.27 bits per heavy atom. The van der Waals surface area contributed by atoms with Crippen LogP contribution in [0.2, 0.25) is 5.02 Å². The lowest BCUT2D eigenvalue weighted by Crippen LogP contribution is -2.42. The van der Waals surface area contributed by atoms with Gasteiger partial charge in [-0.1, -0.05) is 24.6 Å². The van der Waals surface area contributed by atoms with Gasteiger partial charge < -0.3 is 14.4 Å². The molecule has 26 heavy (non-hydrogen) atoms. The molecule has 3 rings (SSSR count). The third-order valence-electron chi connectivity index (χ3n) is 4.48. The molecule has 0 aromatic heterocycles. The molecule has 140 valence electrons. The minimum Gasteiger partial charge on any atom is -0.410 e. The maximum absolute atomic E-state index is 12.5. The van der Waals surface area contributed by atoms with Crippen molar-refractivity contribution in [1.29, 1.82) is 0 Å². The van der Waals surface area contributed by atoms with E-state index in [2.05, 4.69) is 12.0 Å². The number of amides is 1. The van der Waals surface area contributed by atoms with Crippen molar-refractivity contribution < 1.29 is 19.3 Å². The first-order valence-corrected chi connectivity index (χ1v) is 8.62. The number of nitrogens with zero attached hydrogens (tertiary/aromatic N) is 4. The van der Waals surface area contributed by atoms with Gasteiger partial charge in [-0.2, -0.15) is 0 Å². The summed E-state index contributed by atoms with van der Waals surface area (Å²) >= 11 is 5.88. The van der Waals surface area contributed by atoms with Gasteiger partial charge in [0.25, 0.3) is 5.96 Å². The fourth-order valence-electron chi connectivity index (χ4n) is 3.04. The first-order chi connectivity index (χ1) is 12.4. The van der Waals surface area contributed by atoms with Crippen LogP contribution < -0.4 is 4.74 Å². The van der Waals surface area contributed by atoms with Crippen LogP contribution in [0.25, 0.3) is 0 Å². The fourth-order valence-corrected chi connectivity index (χ4v) is 3.22. The summed E-state index contributed by atoms with van der Waals surface area (Å²) in [7, 11) is 0. The molecule has 0 radical (unpaired) electrons. The molecular weight excluding hydrogens is 364 g/mol. The highest BCUT2D eigenvalue weighted by atomic mass is 35.5. The van der Waals surface area contributed by atoms with Crippen LogP contribution in [0.5, 0.6) is 5.75 Å². The van der Waals surface area contributed by atoms with Crippen molar-refractivity contribution in [2.24, 2.45) is 16.9 Å². The van der Waals surface area contributed by atoms with Gasteiger partial charge in [-0.05, 0) is 24.1 Å². The van der Waals surface area contributed by atoms with E-state index >= 15 is 0 Å². The normalized spacial score (nSPS) is 24.3. The summed E-state index contributed by atoms with van der Waals surface area (Å²) in [5.74, 6) is 0.829. The number of guanidine groups is 1. The molecule has 0 N–H and O–H groups in total. The number of hydrogen-bond donors (Lipinski definition) is 0. The van der Waals surface area contributed by atoms with E-state index in [0.29, 0.717) is 37.2 Å². The zero-order chi connectivity index (χ0) is 18.7. The lowest BCUT2D eigenvalue weighted by Gasteiger charge is -2.23. The van der Waals surface area contributed by atoms with E-state index in [-0.39, 0.29) is 24.2 Å². The molecule has 1 aromatic carbocycles. The van der Waals surface area contributed by atoms with Crippen molar-refractivity contribution in [3.63, 3.8) is 0 Å². The standard InChI is InChI=1S/C16H19ClN4O5/c1-11-9-25-10-12(11)8-19-5-6-20(15(19)18-21(23)24)16(22)26-14-4-2-3-13(17)7-14/h2-4,7,11-12H,5-6,8-10H2,1H3. The van der Waals surface area contributed by atoms with Crippen LogP contribution in [0, 0.1) is 22.0 Å². The van der Waals surface area contributed by atoms with E-state index in [1.165, 1.54) is 11.0 Å². The summed E-state index contributed by atoms with van der Waals surface area (Å²) in [6.45, 7) is 4.57. The largest absolute Gasteiger partial charge is 0.422 e. The lowest BCUT2D eigenvalue weighted by molar-refractivity contribution is -0.486. The number of ether oxygens (including phenoxy) is 2. The van der Waals surface area contributed by atoms with Crippen LogP contribution in [0.3, 0.4) is 0 Å². The van der Waals surface area contributed by atoms with E-state index in [1.54, 1.807) is 23.1 Å². The van der Waals surface area contributed by atoms with Gasteiger partial charge in [0, 0.05) is 30.6 Å². The zero-order valence-electron chi connectivity index (χ0n) is 14.2. The second-order valence-corrected chi connectivity index (χ2v) is 6.77. The van der Waals surface area contributed by atoms with Gasteiger partial charge in [-0.25, -0.2) is 19.8 Å². The molecule has 0 aliphatic carbocycles. The highest BCUT2D eigenvalue weighted by Gasteiger charge is 2.38. The summed E-state index contributed by atoms with van der Waals surface area (Å²) in [6, 6.07) is 6.38. The molecule has 0 spiro atoms. The molecule has 2 fully saturated rings. The molecule has 0 bridgehead atoms. The Bertz CT molecular complexity index is 728. The minimum atomic E-state index is -0.804. The Hall–Kier alpha value is -2.39. The molecule has 1 amide bonds. The molecular formula is C16H19ClN4O5. The second-order valence-electron chi connectivity index (χ2n) is 6.34. The summed E-state index contributed by atoms with van der Waals surface area (Å²) in [6.07, 6.45) is -0.730. The van der Waals surface area contributed by atoms with Gasteiger partial charge in [0.2, 0.25) is 0 Å². The molecule has 1 aromatic rings. The van der Waals surface area contributed by atoms with Crippen molar-refractivity contribution in [2.75, 3.05) is 32.8 Å². The van der Waals surface area contributed by atoms with E-state index < -0.39 is 11.1 Å². The molecule has 0 saturated carbocycles. The Labute approximate surface area is 155 Å². The van der Waals surface area contributed by atoms with Gasteiger partial charge >= 0.3 is 6.09 Å². The number of benzene rings is 1. The van der Waals surface area contributed by atoms with Crippen LogP contribution in [-0.4, -0.2) is 59.7 Å². The molecule has 2 heterocycles. The quantitative estimate of drug-likeness (QED) is 0.585. The molecule has 2 saturated heterocycles. The third kappa shape index (κ3) is 4.23. The minimum absolute atomic E-state index is 0.0128. The maximum atomic E-state index is 12.5. The average molecular weight is 383 g/mol. The third-order valence-corrected chi connectivity index (χ3v) is 4.72. The number of carbonyl (C=O) groups is 1. The van der Waals surface area contributed by atoms with Crippen molar-refractivity contribution in [3.8, 4) is 5.75 Å². The van der Waals surface area contributed by atoms with Gasteiger partial charge in [-0.3, -0.25) is 0 Å². The Balaban J connectivity index is 1.73. The number of hydrogen-bond acceptors (Lipinski definition) is 5. The van der Waals surface area contributed by atoms with Crippen molar-refractivity contribution in [3.05, 3.63) is 39.4 Å². The molecule has 10 heteroatoms. The summed E-state index contributed by atoms with van der Waals surface area (Å²) in [4.78, 5) is 26.3. The van der Waals surface area contributed by atoms with E-state index in [1.807, 2.05) is 0 Å². The van der Waals surface area contributed by atoms with Gasteiger partial charge in [0.05, 0.1) is 13.2 Å². The maximum Gasteiger partial charge on any atom is 0.422 e. The van der Waals surface area contributed by atoms with Crippen molar-refractivity contribution in [1.82, 2.24) is 9.80 Å². The predicted molar refractivity (Wildman–Crippen MR) is 93.7 cm³/mol. The SMILES string of the molecule is CC1COCC1CN1CCN(C(=O)Oc2cccc(Cl)c2)C1=N[N+](=O)[O-].